The summed E-state index contributed by atoms with van der Waals surface area (Å²) in [6, 6.07) is 8.97. The maximum Gasteiger partial charge on any atom is 0.289 e. The summed E-state index contributed by atoms with van der Waals surface area (Å²) < 4.78 is 31.2. The largest absolute Gasteiger partial charge is 0.451 e. The lowest BCUT2D eigenvalue weighted by Gasteiger charge is -2.38. The number of hydrogen-bond acceptors (Lipinski definition) is 7. The van der Waals surface area contributed by atoms with Crippen LogP contribution in [0.3, 0.4) is 0 Å². The van der Waals surface area contributed by atoms with Gasteiger partial charge in [-0.2, -0.15) is 0 Å². The standard InChI is InChI=1S/C29H41FN2O7/c1-19(2)15-21-16-31(20(3)33)17-27(37-4)28(35)24(34)18-38-14-8-7-13-32(21)29(36)26-12-11-25(39-26)22-9-5-6-10-23(22)30/h5-6,9-12,19,21,24,27-28,34-35H,7-8,13-18H2,1-4H3/t21-,24+,27+,28+/m0/s1. The predicted molar refractivity (Wildman–Crippen MR) is 143 cm³/mol. The van der Waals surface area contributed by atoms with E-state index in [1.54, 1.807) is 35.2 Å². The van der Waals surface area contributed by atoms with E-state index < -0.39 is 24.1 Å². The van der Waals surface area contributed by atoms with Crippen molar-refractivity contribution in [1.29, 1.82) is 0 Å². The van der Waals surface area contributed by atoms with Gasteiger partial charge in [0.05, 0.1) is 12.2 Å². The SMILES string of the molecule is CO[C@@H]1CN(C(C)=O)C[C@H](CC(C)C)N(C(=O)c2ccc(-c3ccccc3F)o2)CCCCOC[C@@H](O)[C@H]1O. The molecule has 4 atom stereocenters. The van der Waals surface area contributed by atoms with Crippen molar-refractivity contribution in [1.82, 2.24) is 9.80 Å². The van der Waals surface area contributed by atoms with E-state index in [9.17, 15) is 24.2 Å². The maximum absolute atomic E-state index is 14.3. The molecule has 0 spiro atoms. The summed E-state index contributed by atoms with van der Waals surface area (Å²) in [5.41, 5.74) is 0.266. The minimum Gasteiger partial charge on any atom is -0.451 e. The second kappa shape index (κ2) is 14.6. The molecule has 1 aliphatic rings. The van der Waals surface area contributed by atoms with Gasteiger partial charge < -0.3 is 33.9 Å². The van der Waals surface area contributed by atoms with Gasteiger partial charge in [-0.05, 0) is 49.4 Å². The van der Waals surface area contributed by atoms with Gasteiger partial charge in [0.2, 0.25) is 5.91 Å². The smallest absolute Gasteiger partial charge is 0.289 e. The highest BCUT2D eigenvalue weighted by Gasteiger charge is 2.33. The number of methoxy groups -OCH3 is 1. The molecular formula is C29H41FN2O7. The molecule has 2 aromatic rings. The summed E-state index contributed by atoms with van der Waals surface area (Å²) in [7, 11) is 1.41. The molecule has 1 fully saturated rings. The fraction of sp³-hybridized carbons (Fsp3) is 0.586. The molecule has 10 heteroatoms. The van der Waals surface area contributed by atoms with Crippen molar-refractivity contribution in [3.63, 3.8) is 0 Å². The van der Waals surface area contributed by atoms with Crippen molar-refractivity contribution in [3.8, 4) is 11.3 Å². The highest BCUT2D eigenvalue weighted by atomic mass is 19.1. The Hall–Kier alpha value is -2.79. The van der Waals surface area contributed by atoms with Crippen molar-refractivity contribution in [3.05, 3.63) is 48.0 Å². The summed E-state index contributed by atoms with van der Waals surface area (Å²) in [4.78, 5) is 29.8. The molecule has 2 heterocycles. The first-order valence-electron chi connectivity index (χ1n) is 13.5. The van der Waals surface area contributed by atoms with Gasteiger partial charge in [0.15, 0.2) is 5.76 Å². The number of benzene rings is 1. The molecule has 216 valence electrons. The molecule has 9 nitrogen and oxygen atoms in total. The van der Waals surface area contributed by atoms with Gasteiger partial charge in [-0.25, -0.2) is 4.39 Å². The van der Waals surface area contributed by atoms with Crippen LogP contribution in [-0.2, 0) is 14.3 Å². The second-order valence-corrected chi connectivity index (χ2v) is 10.5. The summed E-state index contributed by atoms with van der Waals surface area (Å²) in [6.07, 6.45) is -1.45. The average Bonchev–Trinajstić information content (AvgIpc) is 3.39. The van der Waals surface area contributed by atoms with Crippen molar-refractivity contribution >= 4 is 11.8 Å². The zero-order chi connectivity index (χ0) is 28.5. The number of halogens is 1. The van der Waals surface area contributed by atoms with Crippen LogP contribution in [0.2, 0.25) is 0 Å². The van der Waals surface area contributed by atoms with Crippen LogP contribution in [0.15, 0.2) is 40.8 Å². The second-order valence-electron chi connectivity index (χ2n) is 10.5. The number of nitrogens with zero attached hydrogens (tertiary/aromatic N) is 2. The van der Waals surface area contributed by atoms with Gasteiger partial charge in [-0.15, -0.1) is 0 Å². The van der Waals surface area contributed by atoms with Crippen LogP contribution in [-0.4, -0.2) is 96.1 Å². The first-order chi connectivity index (χ1) is 18.6. The van der Waals surface area contributed by atoms with Crippen LogP contribution >= 0.6 is 0 Å². The van der Waals surface area contributed by atoms with E-state index in [-0.39, 0.29) is 60.6 Å². The number of furan rings is 1. The summed E-state index contributed by atoms with van der Waals surface area (Å²) in [5, 5.41) is 21.0. The molecular weight excluding hydrogens is 507 g/mol. The number of rotatable bonds is 5. The number of aliphatic hydroxyl groups excluding tert-OH is 2. The Morgan fingerprint density at radius 3 is 2.54 bits per heavy atom. The number of carbonyl (C=O) groups excluding carboxylic acids is 2. The van der Waals surface area contributed by atoms with Crippen molar-refractivity contribution in [2.45, 2.75) is 64.4 Å². The minimum absolute atomic E-state index is 0.0267. The first-order valence-corrected chi connectivity index (χ1v) is 13.5. The average molecular weight is 549 g/mol. The Kier molecular flexibility index (Phi) is 11.5. The van der Waals surface area contributed by atoms with Gasteiger partial charge in [0.1, 0.15) is 29.9 Å². The number of ether oxygens (including phenoxy) is 2. The lowest BCUT2D eigenvalue weighted by Crippen LogP contribution is -2.53. The van der Waals surface area contributed by atoms with Crippen molar-refractivity contribution in [2.75, 3.05) is 40.0 Å². The minimum atomic E-state index is -1.26. The van der Waals surface area contributed by atoms with Gasteiger partial charge in [-0.3, -0.25) is 9.59 Å². The summed E-state index contributed by atoms with van der Waals surface area (Å²) >= 11 is 0. The van der Waals surface area contributed by atoms with Crippen molar-refractivity contribution < 1.29 is 38.1 Å². The zero-order valence-corrected chi connectivity index (χ0v) is 23.2. The third-order valence-electron chi connectivity index (χ3n) is 6.98. The molecule has 2 amide bonds. The quantitative estimate of drug-likeness (QED) is 0.589. The molecule has 39 heavy (non-hydrogen) atoms. The highest BCUT2D eigenvalue weighted by molar-refractivity contribution is 5.92. The molecule has 1 aromatic carbocycles. The van der Waals surface area contributed by atoms with Crippen LogP contribution in [0.5, 0.6) is 0 Å². The molecule has 0 aliphatic carbocycles. The van der Waals surface area contributed by atoms with E-state index in [1.807, 2.05) is 13.8 Å². The molecule has 1 aromatic heterocycles. The Bertz CT molecular complexity index is 1080. The van der Waals surface area contributed by atoms with E-state index >= 15 is 0 Å². The maximum atomic E-state index is 14.3. The van der Waals surface area contributed by atoms with Crippen LogP contribution in [0.1, 0.15) is 50.6 Å². The molecule has 1 aliphatic heterocycles. The third kappa shape index (κ3) is 8.35. The summed E-state index contributed by atoms with van der Waals surface area (Å²) in [6.45, 7) is 6.40. The van der Waals surface area contributed by atoms with E-state index in [0.29, 0.717) is 32.4 Å². The molecule has 0 radical (unpaired) electrons. The molecule has 0 saturated carbocycles. The fourth-order valence-corrected chi connectivity index (χ4v) is 4.86. The Morgan fingerprint density at radius 2 is 1.87 bits per heavy atom. The normalized spacial score (nSPS) is 24.0. The third-order valence-corrected chi connectivity index (χ3v) is 6.98. The van der Waals surface area contributed by atoms with Crippen LogP contribution < -0.4 is 0 Å². The van der Waals surface area contributed by atoms with Crippen molar-refractivity contribution in [2.24, 2.45) is 5.92 Å². The van der Waals surface area contributed by atoms with Crippen LogP contribution in [0, 0.1) is 11.7 Å². The molecule has 2 N–H and O–H groups in total. The fourth-order valence-electron chi connectivity index (χ4n) is 4.86. The number of aliphatic hydroxyl groups is 2. The van der Waals surface area contributed by atoms with E-state index in [4.69, 9.17) is 13.9 Å². The first kappa shape index (κ1) is 30.7. The Balaban J connectivity index is 1.94. The topological polar surface area (TPSA) is 113 Å². The van der Waals surface area contributed by atoms with Gasteiger partial charge in [0, 0.05) is 46.3 Å². The predicted octanol–water partition coefficient (Wildman–Crippen LogP) is 3.34. The number of carbonyl (C=O) groups is 2. The Morgan fingerprint density at radius 1 is 1.13 bits per heavy atom. The van der Waals surface area contributed by atoms with Gasteiger partial charge in [0.25, 0.3) is 5.91 Å². The lowest BCUT2D eigenvalue weighted by atomic mass is 10.00. The van der Waals surface area contributed by atoms with E-state index in [1.165, 1.54) is 25.0 Å². The monoisotopic (exact) mass is 548 g/mol. The van der Waals surface area contributed by atoms with Crippen LogP contribution in [0.25, 0.3) is 11.3 Å². The van der Waals surface area contributed by atoms with E-state index in [0.717, 1.165) is 0 Å². The van der Waals surface area contributed by atoms with Gasteiger partial charge in [-0.1, -0.05) is 26.0 Å². The molecule has 1 saturated heterocycles. The molecule has 0 unspecified atom stereocenters. The molecule has 3 rings (SSSR count). The Labute approximate surface area is 229 Å². The van der Waals surface area contributed by atoms with Gasteiger partial charge >= 0.3 is 0 Å². The number of amides is 2. The van der Waals surface area contributed by atoms with E-state index in [2.05, 4.69) is 0 Å². The molecule has 0 bridgehead atoms. The zero-order valence-electron chi connectivity index (χ0n) is 23.2. The highest BCUT2D eigenvalue weighted by Crippen LogP contribution is 2.27. The summed E-state index contributed by atoms with van der Waals surface area (Å²) in [5.74, 6) is -0.492. The lowest BCUT2D eigenvalue weighted by molar-refractivity contribution is -0.137. The number of hydrogen-bond donors (Lipinski definition) is 2. The van der Waals surface area contributed by atoms with Crippen LogP contribution in [0.4, 0.5) is 4.39 Å².